The lowest BCUT2D eigenvalue weighted by Crippen LogP contribution is -2.14. The van der Waals surface area contributed by atoms with Crippen LogP contribution in [0.15, 0.2) is 24.3 Å². The number of Topliss-reactive ketones (excluding diaryl/α,β-unsaturated/α-hetero) is 1. The molecule has 1 aromatic rings. The number of rotatable bonds is 8. The van der Waals surface area contributed by atoms with Gasteiger partial charge in [0.2, 0.25) is 0 Å². The van der Waals surface area contributed by atoms with E-state index in [9.17, 15) is 4.79 Å². The van der Waals surface area contributed by atoms with Crippen molar-refractivity contribution >= 4 is 5.78 Å². The second-order valence-corrected chi connectivity index (χ2v) is 4.76. The van der Waals surface area contributed by atoms with Gasteiger partial charge >= 0.3 is 0 Å². The van der Waals surface area contributed by atoms with Crippen LogP contribution >= 0.6 is 0 Å². The van der Waals surface area contributed by atoms with Gasteiger partial charge in [-0.05, 0) is 43.9 Å². The van der Waals surface area contributed by atoms with Crippen LogP contribution in [0.2, 0.25) is 0 Å². The summed E-state index contributed by atoms with van der Waals surface area (Å²) in [5, 5.41) is 0. The Kier molecular flexibility index (Phi) is 6.44. The van der Waals surface area contributed by atoms with Gasteiger partial charge in [0.1, 0.15) is 11.5 Å². The highest BCUT2D eigenvalue weighted by molar-refractivity contribution is 5.78. The fourth-order valence-electron chi connectivity index (χ4n) is 1.82. The molecule has 0 aliphatic carbocycles. The van der Waals surface area contributed by atoms with Crippen LogP contribution in [0.4, 0.5) is 0 Å². The zero-order valence-electron chi connectivity index (χ0n) is 11.3. The van der Waals surface area contributed by atoms with Crippen molar-refractivity contribution < 1.29 is 9.53 Å². The maximum Gasteiger partial charge on any atom is 0.133 e. The van der Waals surface area contributed by atoms with Gasteiger partial charge in [0, 0.05) is 18.9 Å². The Morgan fingerprint density at radius 1 is 1.28 bits per heavy atom. The average Bonchev–Trinajstić information content (AvgIpc) is 2.36. The van der Waals surface area contributed by atoms with Gasteiger partial charge in [0.25, 0.3) is 0 Å². The smallest absolute Gasteiger partial charge is 0.133 e. The van der Waals surface area contributed by atoms with Crippen LogP contribution in [0.1, 0.15) is 38.2 Å². The molecule has 1 unspecified atom stereocenters. The Hall–Kier alpha value is -1.35. The molecule has 0 radical (unpaired) electrons. The number of methoxy groups -OCH3 is 1. The molecule has 1 atom stereocenters. The number of ketones is 1. The van der Waals surface area contributed by atoms with Crippen molar-refractivity contribution in [2.45, 2.75) is 45.1 Å². The number of hydrogen-bond acceptors (Lipinski definition) is 3. The van der Waals surface area contributed by atoms with Crippen molar-refractivity contribution in [3.05, 3.63) is 29.8 Å². The molecule has 0 bridgehead atoms. The van der Waals surface area contributed by atoms with Crippen molar-refractivity contribution in [1.82, 2.24) is 0 Å². The number of carbonyl (C=O) groups is 1. The lowest BCUT2D eigenvalue weighted by Gasteiger charge is -2.05. The predicted octanol–water partition coefficient (Wildman–Crippen LogP) is 2.71. The summed E-state index contributed by atoms with van der Waals surface area (Å²) < 4.78 is 5.09. The third-order valence-electron chi connectivity index (χ3n) is 2.97. The van der Waals surface area contributed by atoms with Crippen molar-refractivity contribution in [2.75, 3.05) is 7.11 Å². The van der Waals surface area contributed by atoms with Crippen LogP contribution in [0.3, 0.4) is 0 Å². The van der Waals surface area contributed by atoms with Gasteiger partial charge in [-0.3, -0.25) is 4.79 Å². The van der Waals surface area contributed by atoms with Crippen molar-refractivity contribution in [2.24, 2.45) is 5.73 Å². The van der Waals surface area contributed by atoms with Crippen LogP contribution in [-0.2, 0) is 11.2 Å². The molecular formula is C15H23NO2. The number of hydrogen-bond donors (Lipinski definition) is 1. The maximum absolute atomic E-state index is 11.7. The molecule has 1 rings (SSSR count). The minimum atomic E-state index is 0.194. The number of carbonyl (C=O) groups excluding carboxylic acids is 1. The third-order valence-corrected chi connectivity index (χ3v) is 2.97. The summed E-state index contributed by atoms with van der Waals surface area (Å²) in [6, 6.07) is 8.06. The van der Waals surface area contributed by atoms with Gasteiger partial charge in [-0.15, -0.1) is 0 Å². The highest BCUT2D eigenvalue weighted by Gasteiger charge is 2.04. The van der Waals surface area contributed by atoms with E-state index in [1.54, 1.807) is 7.11 Å². The number of benzene rings is 1. The molecule has 18 heavy (non-hydrogen) atoms. The summed E-state index contributed by atoms with van der Waals surface area (Å²) in [4.78, 5) is 11.7. The van der Waals surface area contributed by atoms with Crippen LogP contribution in [-0.4, -0.2) is 18.9 Å². The molecule has 0 aromatic heterocycles. The topological polar surface area (TPSA) is 52.3 Å². The van der Waals surface area contributed by atoms with E-state index in [1.165, 1.54) is 5.56 Å². The van der Waals surface area contributed by atoms with E-state index in [0.717, 1.165) is 25.0 Å². The number of nitrogens with two attached hydrogens (primary N) is 1. The minimum Gasteiger partial charge on any atom is -0.497 e. The first-order valence-corrected chi connectivity index (χ1v) is 6.52. The lowest BCUT2D eigenvalue weighted by atomic mass is 10.0. The molecule has 3 heteroatoms. The summed E-state index contributed by atoms with van der Waals surface area (Å²) >= 11 is 0. The van der Waals surface area contributed by atoms with Crippen LogP contribution < -0.4 is 10.5 Å². The minimum absolute atomic E-state index is 0.194. The van der Waals surface area contributed by atoms with E-state index in [-0.39, 0.29) is 6.04 Å². The highest BCUT2D eigenvalue weighted by atomic mass is 16.5. The molecule has 1 aromatic carbocycles. The Bertz CT molecular complexity index is 357. The monoisotopic (exact) mass is 249 g/mol. The summed E-state index contributed by atoms with van der Waals surface area (Å²) in [5.74, 6) is 1.17. The van der Waals surface area contributed by atoms with Gasteiger partial charge in [0.15, 0.2) is 0 Å². The normalized spacial score (nSPS) is 12.2. The Morgan fingerprint density at radius 3 is 2.50 bits per heavy atom. The maximum atomic E-state index is 11.7. The van der Waals surface area contributed by atoms with Gasteiger partial charge in [-0.25, -0.2) is 0 Å². The average molecular weight is 249 g/mol. The fraction of sp³-hybridized carbons (Fsp3) is 0.533. The van der Waals surface area contributed by atoms with E-state index in [2.05, 4.69) is 0 Å². The zero-order valence-corrected chi connectivity index (χ0v) is 11.3. The molecule has 0 saturated heterocycles. The first-order chi connectivity index (χ1) is 8.61. The van der Waals surface area contributed by atoms with Crippen molar-refractivity contribution in [3.63, 3.8) is 0 Å². The molecule has 0 aliphatic heterocycles. The number of aryl methyl sites for hydroxylation is 1. The molecule has 0 saturated carbocycles. The highest BCUT2D eigenvalue weighted by Crippen LogP contribution is 2.13. The van der Waals surface area contributed by atoms with E-state index in [1.807, 2.05) is 31.2 Å². The SMILES string of the molecule is COc1ccc(CCC(=O)CCCC(C)N)cc1. The van der Waals surface area contributed by atoms with Crippen molar-refractivity contribution in [1.29, 1.82) is 0 Å². The fourth-order valence-corrected chi connectivity index (χ4v) is 1.82. The molecule has 0 aliphatic rings. The molecular weight excluding hydrogens is 226 g/mol. The Balaban J connectivity index is 2.24. The zero-order chi connectivity index (χ0) is 13.4. The van der Waals surface area contributed by atoms with E-state index < -0.39 is 0 Å². The lowest BCUT2D eigenvalue weighted by molar-refractivity contribution is -0.119. The first-order valence-electron chi connectivity index (χ1n) is 6.52. The Morgan fingerprint density at radius 2 is 1.94 bits per heavy atom. The van der Waals surface area contributed by atoms with Gasteiger partial charge in [0.05, 0.1) is 7.11 Å². The van der Waals surface area contributed by atoms with E-state index in [4.69, 9.17) is 10.5 Å². The van der Waals surface area contributed by atoms with Crippen LogP contribution in [0.25, 0.3) is 0 Å². The summed E-state index contributed by atoms with van der Waals surface area (Å²) in [6.45, 7) is 1.97. The molecule has 3 nitrogen and oxygen atoms in total. The molecule has 0 fully saturated rings. The largest absolute Gasteiger partial charge is 0.497 e. The van der Waals surface area contributed by atoms with Gasteiger partial charge in [-0.1, -0.05) is 12.1 Å². The van der Waals surface area contributed by atoms with E-state index >= 15 is 0 Å². The van der Waals surface area contributed by atoms with E-state index in [0.29, 0.717) is 18.6 Å². The standard InChI is InChI=1S/C15H23NO2/c1-12(16)4-3-5-14(17)9-6-13-7-10-15(18-2)11-8-13/h7-8,10-12H,3-6,9,16H2,1-2H3. The molecule has 2 N–H and O–H groups in total. The second-order valence-electron chi connectivity index (χ2n) is 4.76. The first kappa shape index (κ1) is 14.7. The molecule has 0 amide bonds. The van der Waals surface area contributed by atoms with Gasteiger partial charge < -0.3 is 10.5 Å². The Labute approximate surface area is 109 Å². The van der Waals surface area contributed by atoms with Crippen LogP contribution in [0, 0.1) is 0 Å². The molecule has 0 heterocycles. The van der Waals surface area contributed by atoms with Gasteiger partial charge in [-0.2, -0.15) is 0 Å². The molecule has 0 spiro atoms. The third kappa shape index (κ3) is 5.82. The second kappa shape index (κ2) is 7.88. The number of ether oxygens (including phenoxy) is 1. The quantitative estimate of drug-likeness (QED) is 0.770. The predicted molar refractivity (Wildman–Crippen MR) is 73.8 cm³/mol. The van der Waals surface area contributed by atoms with Crippen LogP contribution in [0.5, 0.6) is 5.75 Å². The summed E-state index contributed by atoms with van der Waals surface area (Å²) in [7, 11) is 1.65. The summed E-state index contributed by atoms with van der Waals surface area (Å²) in [5.41, 5.74) is 6.82. The van der Waals surface area contributed by atoms with Crippen molar-refractivity contribution in [3.8, 4) is 5.75 Å². The summed E-state index contributed by atoms with van der Waals surface area (Å²) in [6.07, 6.45) is 3.90. The molecule has 100 valence electrons.